The third-order valence-electron chi connectivity index (χ3n) is 4.06. The molecule has 0 saturated carbocycles. The summed E-state index contributed by atoms with van der Waals surface area (Å²) in [5.41, 5.74) is 1.27. The van der Waals surface area contributed by atoms with Gasteiger partial charge < -0.3 is 5.32 Å². The van der Waals surface area contributed by atoms with Crippen LogP contribution in [-0.4, -0.2) is 25.7 Å². The van der Waals surface area contributed by atoms with Crippen molar-refractivity contribution in [2.45, 2.75) is 6.42 Å². The molecule has 0 unspecified atom stereocenters. The van der Waals surface area contributed by atoms with E-state index in [1.165, 1.54) is 10.6 Å². The second-order valence-corrected chi connectivity index (χ2v) is 6.02. The minimum Gasteiger partial charge on any atom is -0.326 e. The monoisotopic (exact) mass is 381 g/mol. The molecule has 4 rings (SSSR count). The zero-order valence-corrected chi connectivity index (χ0v) is 14.3. The van der Waals surface area contributed by atoms with E-state index >= 15 is 0 Å². The summed E-state index contributed by atoms with van der Waals surface area (Å²) in [6.45, 7) is 0. The number of halogens is 2. The first-order valence-corrected chi connectivity index (χ1v) is 8.29. The first-order valence-electron chi connectivity index (χ1n) is 8.29. The SMILES string of the molecule is O=C(Cc1n[nH]c(=O)c2cc(-c3ccccc3)nn12)Nc1ccc(F)c(F)c1. The van der Waals surface area contributed by atoms with Crippen LogP contribution in [0.5, 0.6) is 0 Å². The van der Waals surface area contributed by atoms with Gasteiger partial charge in [-0.15, -0.1) is 0 Å². The lowest BCUT2D eigenvalue weighted by Gasteiger charge is -2.06. The van der Waals surface area contributed by atoms with Crippen molar-refractivity contribution in [2.75, 3.05) is 5.32 Å². The fourth-order valence-electron chi connectivity index (χ4n) is 2.75. The van der Waals surface area contributed by atoms with Gasteiger partial charge in [-0.2, -0.15) is 10.2 Å². The van der Waals surface area contributed by atoms with Crippen molar-refractivity contribution in [3.8, 4) is 11.3 Å². The van der Waals surface area contributed by atoms with E-state index < -0.39 is 23.1 Å². The number of hydrogen-bond acceptors (Lipinski definition) is 4. The molecule has 0 aliphatic carbocycles. The van der Waals surface area contributed by atoms with Gasteiger partial charge in [-0.3, -0.25) is 9.59 Å². The number of carbonyl (C=O) groups excluding carboxylic acids is 1. The summed E-state index contributed by atoms with van der Waals surface area (Å²) in [7, 11) is 0. The Morgan fingerprint density at radius 3 is 2.61 bits per heavy atom. The Bertz CT molecular complexity index is 1230. The van der Waals surface area contributed by atoms with E-state index in [9.17, 15) is 18.4 Å². The van der Waals surface area contributed by atoms with Crippen LogP contribution in [0.15, 0.2) is 59.4 Å². The Kier molecular flexibility index (Phi) is 4.40. The van der Waals surface area contributed by atoms with Gasteiger partial charge in [0.25, 0.3) is 5.56 Å². The Morgan fingerprint density at radius 2 is 1.86 bits per heavy atom. The van der Waals surface area contributed by atoms with Gasteiger partial charge in [0.1, 0.15) is 5.52 Å². The van der Waals surface area contributed by atoms with Gasteiger partial charge in [-0.1, -0.05) is 30.3 Å². The predicted molar refractivity (Wildman–Crippen MR) is 97.7 cm³/mol. The zero-order chi connectivity index (χ0) is 19.7. The number of nitrogens with zero attached hydrogens (tertiary/aromatic N) is 3. The smallest absolute Gasteiger partial charge is 0.290 e. The largest absolute Gasteiger partial charge is 0.326 e. The molecule has 0 saturated heterocycles. The van der Waals surface area contributed by atoms with Crippen LogP contribution in [0.25, 0.3) is 16.8 Å². The zero-order valence-electron chi connectivity index (χ0n) is 14.3. The van der Waals surface area contributed by atoms with E-state index in [0.717, 1.165) is 17.7 Å². The first kappa shape index (κ1) is 17.5. The standard InChI is InChI=1S/C19H13F2N5O2/c20-13-7-6-12(8-14(13)21)22-18(27)10-17-23-24-19(28)16-9-15(25-26(16)17)11-4-2-1-3-5-11/h1-9H,10H2,(H,22,27)(H,24,28). The minimum atomic E-state index is -1.07. The van der Waals surface area contributed by atoms with E-state index in [2.05, 4.69) is 20.6 Å². The third kappa shape index (κ3) is 3.37. The van der Waals surface area contributed by atoms with Crippen molar-refractivity contribution in [3.05, 3.63) is 82.4 Å². The van der Waals surface area contributed by atoms with E-state index in [0.29, 0.717) is 5.69 Å². The molecule has 2 heterocycles. The van der Waals surface area contributed by atoms with E-state index in [1.807, 2.05) is 30.3 Å². The van der Waals surface area contributed by atoms with Crippen LogP contribution in [0, 0.1) is 11.6 Å². The van der Waals surface area contributed by atoms with E-state index in [-0.39, 0.29) is 23.4 Å². The molecule has 0 fully saturated rings. The quantitative estimate of drug-likeness (QED) is 0.568. The van der Waals surface area contributed by atoms with Gasteiger partial charge in [-0.25, -0.2) is 18.4 Å². The first-order chi connectivity index (χ1) is 13.5. The van der Waals surface area contributed by atoms with Crippen LogP contribution in [-0.2, 0) is 11.2 Å². The molecule has 28 heavy (non-hydrogen) atoms. The topological polar surface area (TPSA) is 92.2 Å². The van der Waals surface area contributed by atoms with Gasteiger partial charge in [0.2, 0.25) is 5.91 Å². The molecule has 1 amide bonds. The highest BCUT2D eigenvalue weighted by Crippen LogP contribution is 2.18. The minimum absolute atomic E-state index is 0.106. The number of nitrogens with one attached hydrogen (secondary N) is 2. The summed E-state index contributed by atoms with van der Waals surface area (Å²) in [6.07, 6.45) is -0.234. The molecule has 0 aliphatic heterocycles. The molecule has 0 bridgehead atoms. The average molecular weight is 381 g/mol. The highest BCUT2D eigenvalue weighted by Gasteiger charge is 2.15. The summed E-state index contributed by atoms with van der Waals surface area (Å²) in [6, 6.07) is 13.9. The fraction of sp³-hybridized carbons (Fsp3) is 0.0526. The van der Waals surface area contributed by atoms with Crippen molar-refractivity contribution in [2.24, 2.45) is 0 Å². The molecular formula is C19H13F2N5O2. The van der Waals surface area contributed by atoms with Crippen LogP contribution in [0.2, 0.25) is 0 Å². The number of aromatic nitrogens is 4. The Hall–Kier alpha value is -3.88. The molecule has 9 heteroatoms. The summed E-state index contributed by atoms with van der Waals surface area (Å²) < 4.78 is 27.6. The van der Waals surface area contributed by atoms with Crippen LogP contribution in [0.3, 0.4) is 0 Å². The summed E-state index contributed by atoms with van der Waals surface area (Å²) in [5.74, 6) is -2.41. The van der Waals surface area contributed by atoms with Gasteiger partial charge in [-0.05, 0) is 18.2 Å². The highest BCUT2D eigenvalue weighted by molar-refractivity contribution is 5.91. The Balaban J connectivity index is 1.64. The lowest BCUT2D eigenvalue weighted by atomic mass is 10.1. The van der Waals surface area contributed by atoms with Crippen LogP contribution in [0.4, 0.5) is 14.5 Å². The number of aromatic amines is 1. The number of carbonyl (C=O) groups is 1. The molecule has 2 aromatic heterocycles. The lowest BCUT2D eigenvalue weighted by Crippen LogP contribution is -2.22. The number of fused-ring (bicyclic) bond motifs is 1. The van der Waals surface area contributed by atoms with Crippen molar-refractivity contribution in [1.82, 2.24) is 19.8 Å². The highest BCUT2D eigenvalue weighted by atomic mass is 19.2. The third-order valence-corrected chi connectivity index (χ3v) is 4.06. The van der Waals surface area contributed by atoms with Gasteiger partial charge in [0, 0.05) is 17.3 Å². The van der Waals surface area contributed by atoms with Gasteiger partial charge in [0.05, 0.1) is 12.1 Å². The maximum Gasteiger partial charge on any atom is 0.290 e. The maximum absolute atomic E-state index is 13.3. The number of hydrogen-bond donors (Lipinski definition) is 2. The van der Waals surface area contributed by atoms with Crippen molar-refractivity contribution >= 4 is 17.1 Å². The molecule has 0 atom stereocenters. The summed E-state index contributed by atoms with van der Waals surface area (Å²) in [4.78, 5) is 24.3. The molecule has 2 aromatic carbocycles. The Labute approximate surface area is 156 Å². The maximum atomic E-state index is 13.3. The molecule has 0 aliphatic rings. The molecular weight excluding hydrogens is 368 g/mol. The fourth-order valence-corrected chi connectivity index (χ4v) is 2.75. The van der Waals surface area contributed by atoms with Crippen molar-refractivity contribution < 1.29 is 13.6 Å². The van der Waals surface area contributed by atoms with Crippen LogP contribution < -0.4 is 10.9 Å². The van der Waals surface area contributed by atoms with E-state index in [4.69, 9.17) is 0 Å². The van der Waals surface area contributed by atoms with Crippen LogP contribution in [0.1, 0.15) is 5.82 Å². The van der Waals surface area contributed by atoms with Crippen molar-refractivity contribution in [3.63, 3.8) is 0 Å². The second kappa shape index (κ2) is 7.03. The molecule has 0 radical (unpaired) electrons. The number of anilines is 1. The van der Waals surface area contributed by atoms with Gasteiger partial charge >= 0.3 is 0 Å². The summed E-state index contributed by atoms with van der Waals surface area (Å²) >= 11 is 0. The molecule has 4 aromatic rings. The number of benzene rings is 2. The van der Waals surface area contributed by atoms with Gasteiger partial charge in [0.15, 0.2) is 17.5 Å². The number of amides is 1. The Morgan fingerprint density at radius 1 is 1.07 bits per heavy atom. The molecule has 140 valence electrons. The molecule has 7 nitrogen and oxygen atoms in total. The van der Waals surface area contributed by atoms with Crippen molar-refractivity contribution in [1.29, 1.82) is 0 Å². The number of rotatable bonds is 4. The average Bonchev–Trinajstić information content (AvgIpc) is 3.14. The summed E-state index contributed by atoms with van der Waals surface area (Å²) in [5, 5.41) is 13.1. The second-order valence-electron chi connectivity index (χ2n) is 6.02. The molecule has 2 N–H and O–H groups in total. The normalized spacial score (nSPS) is 10.9. The molecule has 0 spiro atoms. The van der Waals surface area contributed by atoms with E-state index in [1.54, 1.807) is 6.07 Å². The number of H-pyrrole nitrogens is 1. The predicted octanol–water partition coefficient (Wildman–Crippen LogP) is 2.54. The van der Waals surface area contributed by atoms with Crippen LogP contribution >= 0.6 is 0 Å². The lowest BCUT2D eigenvalue weighted by molar-refractivity contribution is -0.115.